The van der Waals surface area contributed by atoms with Gasteiger partial charge in [0.2, 0.25) is 11.8 Å². The molecule has 29 heavy (non-hydrogen) atoms. The van der Waals surface area contributed by atoms with Gasteiger partial charge in [-0.2, -0.15) is 0 Å². The summed E-state index contributed by atoms with van der Waals surface area (Å²) >= 11 is 0. The predicted octanol–water partition coefficient (Wildman–Crippen LogP) is 2.47. The summed E-state index contributed by atoms with van der Waals surface area (Å²) < 4.78 is 5.03. The van der Waals surface area contributed by atoms with Crippen LogP contribution < -0.4 is 16.4 Å². The minimum Gasteiger partial charge on any atom is -0.480 e. The van der Waals surface area contributed by atoms with E-state index in [0.29, 0.717) is 6.42 Å². The van der Waals surface area contributed by atoms with E-state index in [4.69, 9.17) is 15.6 Å². The molecule has 0 aromatic carbocycles. The molecule has 0 aromatic heterocycles. The van der Waals surface area contributed by atoms with E-state index >= 15 is 0 Å². The molecule has 9 nitrogen and oxygen atoms in total. The fourth-order valence-corrected chi connectivity index (χ4v) is 2.72. The monoisotopic (exact) mass is 415 g/mol. The summed E-state index contributed by atoms with van der Waals surface area (Å²) in [6.45, 7) is 3.68. The van der Waals surface area contributed by atoms with E-state index in [1.54, 1.807) is 0 Å². The number of carbonyl (C=O) groups is 4. The van der Waals surface area contributed by atoms with Gasteiger partial charge in [-0.05, 0) is 13.3 Å². The Morgan fingerprint density at radius 1 is 0.897 bits per heavy atom. The molecule has 9 heteroatoms. The average molecular weight is 416 g/mol. The van der Waals surface area contributed by atoms with Crippen LogP contribution in [0.2, 0.25) is 0 Å². The molecule has 0 heterocycles. The topological polar surface area (TPSA) is 148 Å². The first kappa shape index (κ1) is 26.7. The van der Waals surface area contributed by atoms with Crippen molar-refractivity contribution in [1.82, 2.24) is 10.6 Å². The van der Waals surface area contributed by atoms with E-state index in [0.717, 1.165) is 12.8 Å². The molecule has 2 atom stereocenters. The van der Waals surface area contributed by atoms with E-state index in [2.05, 4.69) is 17.6 Å². The number of ether oxygens (including phenoxy) is 1. The van der Waals surface area contributed by atoms with Crippen LogP contribution in [0.15, 0.2) is 0 Å². The van der Waals surface area contributed by atoms with Gasteiger partial charge >= 0.3 is 12.1 Å². The van der Waals surface area contributed by atoms with Gasteiger partial charge in [-0.1, -0.05) is 64.7 Å². The van der Waals surface area contributed by atoms with Gasteiger partial charge in [0.05, 0.1) is 13.0 Å². The Labute approximate surface area is 173 Å². The third-order valence-electron chi connectivity index (χ3n) is 4.47. The molecule has 0 aliphatic rings. The molecule has 0 bridgehead atoms. The van der Waals surface area contributed by atoms with Gasteiger partial charge in [-0.3, -0.25) is 14.4 Å². The number of amides is 3. The largest absolute Gasteiger partial charge is 0.480 e. The molecule has 0 aliphatic heterocycles. The molecule has 0 saturated heterocycles. The Morgan fingerprint density at radius 3 is 1.90 bits per heavy atom. The highest BCUT2D eigenvalue weighted by molar-refractivity contribution is 5.92. The third-order valence-corrected chi connectivity index (χ3v) is 4.47. The normalized spacial score (nSPS) is 12.6. The number of carbonyl (C=O) groups excluding carboxylic acids is 3. The molecule has 2 unspecified atom stereocenters. The summed E-state index contributed by atoms with van der Waals surface area (Å²) in [6, 6.07) is -2.45. The molecule has 3 amide bonds. The number of nitrogens with two attached hydrogens (primary N) is 1. The molecule has 0 saturated carbocycles. The lowest BCUT2D eigenvalue weighted by molar-refractivity contribution is -0.141. The maximum absolute atomic E-state index is 12.0. The lowest BCUT2D eigenvalue weighted by atomic mass is 10.1. The van der Waals surface area contributed by atoms with Gasteiger partial charge in [-0.25, -0.2) is 4.79 Å². The maximum atomic E-state index is 12.0. The standard InChI is InChI=1S/C20H37N3O6/c1-3-4-5-6-7-8-9-10-11-12-13-29-20(28)23-16(14-17(21)24)18(25)22-15(2)19(26)27/h15-16H,3-14H2,1-2H3,(H2,21,24)(H,22,25)(H,23,28)(H,26,27). The van der Waals surface area contributed by atoms with Crippen molar-refractivity contribution in [2.24, 2.45) is 5.73 Å². The summed E-state index contributed by atoms with van der Waals surface area (Å²) in [5, 5.41) is 13.3. The van der Waals surface area contributed by atoms with Gasteiger partial charge in [0.15, 0.2) is 0 Å². The number of alkyl carbamates (subject to hydrolysis) is 1. The lowest BCUT2D eigenvalue weighted by Crippen LogP contribution is -2.52. The van der Waals surface area contributed by atoms with Crippen molar-refractivity contribution in [3.63, 3.8) is 0 Å². The van der Waals surface area contributed by atoms with E-state index in [1.807, 2.05) is 0 Å². The fraction of sp³-hybridized carbons (Fsp3) is 0.800. The zero-order valence-corrected chi connectivity index (χ0v) is 17.7. The van der Waals surface area contributed by atoms with Crippen molar-refractivity contribution in [2.75, 3.05) is 6.61 Å². The molecule has 0 aromatic rings. The van der Waals surface area contributed by atoms with Crippen LogP contribution in [-0.2, 0) is 19.1 Å². The molecule has 0 aliphatic carbocycles. The van der Waals surface area contributed by atoms with Crippen LogP contribution in [0.3, 0.4) is 0 Å². The molecular formula is C20H37N3O6. The highest BCUT2D eigenvalue weighted by Crippen LogP contribution is 2.10. The molecule has 0 radical (unpaired) electrons. The first-order chi connectivity index (χ1) is 13.8. The Hall–Kier alpha value is -2.32. The zero-order chi connectivity index (χ0) is 22.1. The van der Waals surface area contributed by atoms with Crippen molar-refractivity contribution in [3.05, 3.63) is 0 Å². The molecule has 0 spiro atoms. The Morgan fingerprint density at radius 2 is 1.41 bits per heavy atom. The second-order valence-electron chi connectivity index (χ2n) is 7.25. The van der Waals surface area contributed by atoms with E-state index in [9.17, 15) is 19.2 Å². The smallest absolute Gasteiger partial charge is 0.407 e. The van der Waals surface area contributed by atoms with Crippen LogP contribution >= 0.6 is 0 Å². The lowest BCUT2D eigenvalue weighted by Gasteiger charge is -2.18. The van der Waals surface area contributed by atoms with E-state index < -0.39 is 42.4 Å². The summed E-state index contributed by atoms with van der Waals surface area (Å²) in [5.74, 6) is -2.85. The van der Waals surface area contributed by atoms with Crippen molar-refractivity contribution in [2.45, 2.75) is 96.6 Å². The van der Waals surface area contributed by atoms with Gasteiger partial charge in [-0.15, -0.1) is 0 Å². The van der Waals surface area contributed by atoms with Crippen molar-refractivity contribution in [1.29, 1.82) is 0 Å². The van der Waals surface area contributed by atoms with Gasteiger partial charge in [0.1, 0.15) is 12.1 Å². The van der Waals surface area contributed by atoms with E-state index in [1.165, 1.54) is 51.9 Å². The average Bonchev–Trinajstić information content (AvgIpc) is 2.65. The fourth-order valence-electron chi connectivity index (χ4n) is 2.72. The number of aliphatic carboxylic acids is 1. The Bertz CT molecular complexity index is 512. The predicted molar refractivity (Wildman–Crippen MR) is 109 cm³/mol. The highest BCUT2D eigenvalue weighted by Gasteiger charge is 2.26. The first-order valence-corrected chi connectivity index (χ1v) is 10.5. The van der Waals surface area contributed by atoms with Crippen LogP contribution in [0, 0.1) is 0 Å². The number of nitrogens with one attached hydrogen (secondary N) is 2. The summed E-state index contributed by atoms with van der Waals surface area (Å²) in [6.07, 6.45) is 10.3. The Balaban J connectivity index is 4.00. The van der Waals surface area contributed by atoms with E-state index in [-0.39, 0.29) is 6.61 Å². The number of rotatable bonds is 17. The van der Waals surface area contributed by atoms with Crippen molar-refractivity contribution >= 4 is 23.9 Å². The molecule has 168 valence electrons. The van der Waals surface area contributed by atoms with Gasteiger partial charge in [0, 0.05) is 0 Å². The van der Waals surface area contributed by atoms with Crippen LogP contribution in [-0.4, -0.2) is 47.7 Å². The summed E-state index contributed by atoms with van der Waals surface area (Å²) in [5.41, 5.74) is 5.08. The second kappa shape index (κ2) is 16.6. The zero-order valence-electron chi connectivity index (χ0n) is 17.7. The van der Waals surface area contributed by atoms with Crippen LogP contribution in [0.4, 0.5) is 4.79 Å². The quantitative estimate of drug-likeness (QED) is 0.268. The summed E-state index contributed by atoms with van der Waals surface area (Å²) in [4.78, 5) is 45.8. The maximum Gasteiger partial charge on any atom is 0.407 e. The number of hydrogen-bond acceptors (Lipinski definition) is 5. The molecule has 0 fully saturated rings. The van der Waals surface area contributed by atoms with Crippen LogP contribution in [0.1, 0.15) is 84.5 Å². The molecule has 0 rings (SSSR count). The number of carboxylic acid groups (broad SMARTS) is 1. The van der Waals surface area contributed by atoms with Crippen molar-refractivity contribution in [3.8, 4) is 0 Å². The highest BCUT2D eigenvalue weighted by atomic mass is 16.5. The number of primary amides is 1. The van der Waals surface area contributed by atoms with Crippen LogP contribution in [0.5, 0.6) is 0 Å². The van der Waals surface area contributed by atoms with Crippen LogP contribution in [0.25, 0.3) is 0 Å². The minimum atomic E-state index is -1.28. The van der Waals surface area contributed by atoms with Gasteiger partial charge in [0.25, 0.3) is 0 Å². The summed E-state index contributed by atoms with van der Waals surface area (Å²) in [7, 11) is 0. The molecular weight excluding hydrogens is 378 g/mol. The third kappa shape index (κ3) is 15.3. The SMILES string of the molecule is CCCCCCCCCCCCOC(=O)NC(CC(N)=O)C(=O)NC(C)C(=O)O. The number of hydrogen-bond donors (Lipinski definition) is 4. The van der Waals surface area contributed by atoms with Crippen molar-refractivity contribution < 1.29 is 29.0 Å². The minimum absolute atomic E-state index is 0.207. The van der Waals surface area contributed by atoms with Gasteiger partial charge < -0.3 is 26.2 Å². The second-order valence-corrected chi connectivity index (χ2v) is 7.25. The Kier molecular flexibility index (Phi) is 15.3. The number of carboxylic acids is 1. The molecule has 5 N–H and O–H groups in total. The number of unbranched alkanes of at least 4 members (excludes halogenated alkanes) is 9. The first-order valence-electron chi connectivity index (χ1n) is 10.5.